The maximum Gasteiger partial charge on any atom is 0.179 e. The lowest BCUT2D eigenvalue weighted by atomic mass is 10.0. The van der Waals surface area contributed by atoms with Crippen molar-refractivity contribution in [2.24, 2.45) is 0 Å². The summed E-state index contributed by atoms with van der Waals surface area (Å²) in [5.74, 6) is 0. The molecule has 0 amide bonds. The number of rotatable bonds is 7. The van der Waals surface area contributed by atoms with Crippen LogP contribution in [0.2, 0.25) is 0 Å². The van der Waals surface area contributed by atoms with E-state index in [2.05, 4.69) is 240 Å². The molecule has 0 radical (unpaired) electrons. The fraction of sp³-hybridized carbons (Fsp3) is 0. The molecule has 57 heavy (non-hydrogen) atoms. The third-order valence-corrected chi connectivity index (χ3v) is 16.6. The van der Waals surface area contributed by atoms with E-state index in [0.717, 1.165) is 5.69 Å². The Morgan fingerprint density at radius 3 is 1.12 bits per heavy atom. The van der Waals surface area contributed by atoms with Gasteiger partial charge in [-0.1, -0.05) is 170 Å². The minimum absolute atomic E-state index is 1.16. The third-order valence-electron chi connectivity index (χ3n) is 11.9. The molecule has 11 rings (SSSR count). The lowest BCUT2D eigenvalue weighted by Crippen LogP contribution is -2.74. The zero-order valence-corrected chi connectivity index (χ0v) is 32.3. The van der Waals surface area contributed by atoms with Crippen LogP contribution >= 0.6 is 0 Å². The highest BCUT2D eigenvalue weighted by Crippen LogP contribution is 2.38. The van der Waals surface area contributed by atoms with Gasteiger partial charge in [0.25, 0.3) is 0 Å². The van der Waals surface area contributed by atoms with Crippen LogP contribution in [-0.2, 0) is 0 Å². The van der Waals surface area contributed by atoms with Crippen molar-refractivity contribution in [2.45, 2.75) is 0 Å². The van der Waals surface area contributed by atoms with Crippen molar-refractivity contribution < 1.29 is 0 Å². The second-order valence-corrected chi connectivity index (χ2v) is 18.7. The van der Waals surface area contributed by atoms with Crippen molar-refractivity contribution in [3.8, 4) is 22.5 Å². The predicted octanol–water partition coefficient (Wildman–Crippen LogP) is 10.9. The fourth-order valence-electron chi connectivity index (χ4n) is 9.36. The zero-order valence-electron chi connectivity index (χ0n) is 31.3. The summed E-state index contributed by atoms with van der Waals surface area (Å²) in [5.41, 5.74) is 9.59. The van der Waals surface area contributed by atoms with Gasteiger partial charge in [-0.05, 0) is 92.5 Å². The molecule has 9 aromatic carbocycles. The van der Waals surface area contributed by atoms with Gasteiger partial charge in [0.2, 0.25) is 0 Å². The molecule has 0 aliphatic heterocycles. The van der Waals surface area contributed by atoms with Gasteiger partial charge < -0.3 is 9.13 Å². The molecule has 0 N–H and O–H groups in total. The summed E-state index contributed by atoms with van der Waals surface area (Å²) in [6.07, 6.45) is 0. The number of hydrogen-bond donors (Lipinski definition) is 0. The molecule has 0 aliphatic carbocycles. The summed E-state index contributed by atoms with van der Waals surface area (Å²) < 4.78 is 4.85. The first kappa shape index (κ1) is 33.2. The molecule has 3 heteroatoms. The van der Waals surface area contributed by atoms with E-state index in [4.69, 9.17) is 0 Å². The van der Waals surface area contributed by atoms with Crippen molar-refractivity contribution >= 4 is 72.4 Å². The molecule has 0 spiro atoms. The Hall–Kier alpha value is -7.20. The first-order valence-corrected chi connectivity index (χ1v) is 21.7. The molecule has 0 aliphatic rings. The van der Waals surface area contributed by atoms with Gasteiger partial charge in [0.15, 0.2) is 8.07 Å². The van der Waals surface area contributed by atoms with Crippen molar-refractivity contribution in [1.82, 2.24) is 9.13 Å². The summed E-state index contributed by atoms with van der Waals surface area (Å²) in [5, 5.41) is 10.5. The van der Waals surface area contributed by atoms with Gasteiger partial charge in [0, 0.05) is 32.9 Å². The maximum atomic E-state index is 2.51. The molecular formula is C54H38N2Si. The number of benzene rings is 9. The standard InChI is InChI=1S/C54H38N2Si/c1-6-18-41(19-7-1)55-51-29-17-16-28-47(51)49-36-39(30-34-52(49)55)40-31-35-53-50(37-40)48-33-32-46(38-54(48)56(53)42-20-8-2-9-21-42)57(43-22-10-3-11-23-43,44-24-12-4-13-25-44)45-26-14-5-15-27-45/h1-38H. The summed E-state index contributed by atoms with van der Waals surface area (Å²) in [7, 11) is -2.74. The first-order valence-electron chi connectivity index (χ1n) is 19.7. The maximum absolute atomic E-state index is 2.74. The van der Waals surface area contributed by atoms with Crippen LogP contribution in [0.5, 0.6) is 0 Å². The average Bonchev–Trinajstić information content (AvgIpc) is 3.80. The normalized spacial score (nSPS) is 11.9. The third kappa shape index (κ3) is 5.24. The van der Waals surface area contributed by atoms with Crippen LogP contribution in [0, 0.1) is 0 Å². The predicted molar refractivity (Wildman–Crippen MR) is 244 cm³/mol. The monoisotopic (exact) mass is 742 g/mol. The Balaban J connectivity index is 1.16. The van der Waals surface area contributed by atoms with E-state index in [1.54, 1.807) is 0 Å². The van der Waals surface area contributed by atoms with Crippen molar-refractivity contribution in [3.63, 3.8) is 0 Å². The smallest absolute Gasteiger partial charge is 0.179 e. The highest BCUT2D eigenvalue weighted by atomic mass is 28.3. The second-order valence-electron chi connectivity index (χ2n) is 14.9. The molecule has 0 bridgehead atoms. The summed E-state index contributed by atoms with van der Waals surface area (Å²) in [6, 6.07) is 85.2. The minimum Gasteiger partial charge on any atom is -0.309 e. The summed E-state index contributed by atoms with van der Waals surface area (Å²) in [6.45, 7) is 0. The van der Waals surface area contributed by atoms with Crippen LogP contribution in [0.3, 0.4) is 0 Å². The Morgan fingerprint density at radius 2 is 0.632 bits per heavy atom. The first-order chi connectivity index (χ1) is 28.3. The SMILES string of the molecule is c1ccc(-n2c3ccccc3c3cc(-c4ccc5c(c4)c4ccc([Si](c6ccccc6)(c6ccccc6)c6ccccc6)cc4n5-c4ccccc4)ccc32)cc1. The highest BCUT2D eigenvalue weighted by molar-refractivity contribution is 7.20. The van der Waals surface area contributed by atoms with E-state index >= 15 is 0 Å². The topological polar surface area (TPSA) is 9.86 Å². The molecule has 0 saturated heterocycles. The van der Waals surface area contributed by atoms with Crippen LogP contribution < -0.4 is 20.7 Å². The number of hydrogen-bond acceptors (Lipinski definition) is 0. The van der Waals surface area contributed by atoms with Crippen LogP contribution in [0.15, 0.2) is 231 Å². The Bertz CT molecular complexity index is 3110. The molecule has 0 fully saturated rings. The van der Waals surface area contributed by atoms with Gasteiger partial charge in [-0.2, -0.15) is 0 Å². The number of aromatic nitrogens is 2. The van der Waals surface area contributed by atoms with E-state index in [9.17, 15) is 0 Å². The molecule has 2 aromatic heterocycles. The van der Waals surface area contributed by atoms with Crippen molar-refractivity contribution in [3.05, 3.63) is 231 Å². The Kier molecular flexibility index (Phi) is 7.87. The van der Waals surface area contributed by atoms with Crippen LogP contribution in [0.4, 0.5) is 0 Å². The van der Waals surface area contributed by atoms with E-state index in [0.29, 0.717) is 0 Å². The van der Waals surface area contributed by atoms with Gasteiger partial charge in [0.1, 0.15) is 0 Å². The van der Waals surface area contributed by atoms with Gasteiger partial charge in [-0.25, -0.2) is 0 Å². The van der Waals surface area contributed by atoms with Crippen LogP contribution in [0.25, 0.3) is 66.1 Å². The van der Waals surface area contributed by atoms with Gasteiger partial charge in [-0.3, -0.25) is 0 Å². The number of para-hydroxylation sites is 3. The van der Waals surface area contributed by atoms with E-state index in [-0.39, 0.29) is 0 Å². The highest BCUT2D eigenvalue weighted by Gasteiger charge is 2.41. The van der Waals surface area contributed by atoms with Crippen molar-refractivity contribution in [2.75, 3.05) is 0 Å². The largest absolute Gasteiger partial charge is 0.309 e. The fourth-order valence-corrected chi connectivity index (χ4v) is 14.1. The Morgan fingerprint density at radius 1 is 0.246 bits per heavy atom. The van der Waals surface area contributed by atoms with Crippen LogP contribution in [0.1, 0.15) is 0 Å². The lowest BCUT2D eigenvalue weighted by Gasteiger charge is -2.34. The minimum atomic E-state index is -2.74. The summed E-state index contributed by atoms with van der Waals surface area (Å²) >= 11 is 0. The van der Waals surface area contributed by atoms with Crippen LogP contribution in [-0.4, -0.2) is 17.2 Å². The van der Waals surface area contributed by atoms with E-state index in [1.807, 2.05) is 0 Å². The van der Waals surface area contributed by atoms with E-state index < -0.39 is 8.07 Å². The quantitative estimate of drug-likeness (QED) is 0.114. The zero-order chi connectivity index (χ0) is 37.8. The van der Waals surface area contributed by atoms with Gasteiger partial charge >= 0.3 is 0 Å². The number of nitrogens with zero attached hydrogens (tertiary/aromatic N) is 2. The van der Waals surface area contributed by atoms with Gasteiger partial charge in [0.05, 0.1) is 22.1 Å². The second kappa shape index (κ2) is 13.5. The van der Waals surface area contributed by atoms with E-state index in [1.165, 1.54) is 81.2 Å². The average molecular weight is 743 g/mol. The number of fused-ring (bicyclic) bond motifs is 6. The summed E-state index contributed by atoms with van der Waals surface area (Å²) in [4.78, 5) is 0. The Labute approximate surface area is 333 Å². The molecule has 2 nitrogen and oxygen atoms in total. The molecule has 2 heterocycles. The molecular weight excluding hydrogens is 705 g/mol. The molecule has 268 valence electrons. The van der Waals surface area contributed by atoms with Gasteiger partial charge in [-0.15, -0.1) is 0 Å². The molecule has 0 unspecified atom stereocenters. The molecule has 11 aromatic rings. The molecule has 0 atom stereocenters. The van der Waals surface area contributed by atoms with Crippen molar-refractivity contribution in [1.29, 1.82) is 0 Å². The molecule has 0 saturated carbocycles. The lowest BCUT2D eigenvalue weighted by molar-refractivity contribution is 1.18.